The number of halogens is 2. The van der Waals surface area contributed by atoms with Crippen molar-refractivity contribution in [2.75, 3.05) is 45.1 Å². The molecule has 4 rings (SSSR count). The van der Waals surface area contributed by atoms with E-state index < -0.39 is 17.9 Å². The number of carbonyl (C=O) groups excluding carboxylic acids is 4. The highest BCUT2D eigenvalue weighted by molar-refractivity contribution is 6.42. The van der Waals surface area contributed by atoms with Crippen LogP contribution in [0.1, 0.15) is 35.6 Å². The summed E-state index contributed by atoms with van der Waals surface area (Å²) >= 11 is 12.2. The highest BCUT2D eigenvalue weighted by atomic mass is 35.5. The Bertz CT molecular complexity index is 1480. The van der Waals surface area contributed by atoms with Crippen LogP contribution < -0.4 is 16.0 Å². The standard InChI is InChI=1S/C33H37Cl2N5O5/c1-39(32(43)17-24-12-13-27(34)28(35)16-24)29(21-40-14-5-6-15-40)25-10-7-11-26(18-25)38-31(42)20-36-30(41)19-37-33(44)45-22-23-8-3-2-4-9-23/h2-4,7-13,16,18,29H,5-6,14-15,17,19-22H2,1H3,(H,36,41)(H,37,44)(H,38,42). The highest BCUT2D eigenvalue weighted by Gasteiger charge is 2.26. The van der Waals surface area contributed by atoms with Gasteiger partial charge in [0, 0.05) is 19.3 Å². The zero-order chi connectivity index (χ0) is 32.2. The summed E-state index contributed by atoms with van der Waals surface area (Å²) in [5.41, 5.74) is 2.99. The molecule has 0 aromatic heterocycles. The summed E-state index contributed by atoms with van der Waals surface area (Å²) in [5.74, 6) is -1.05. The second kappa shape index (κ2) is 16.8. The van der Waals surface area contributed by atoms with Crippen molar-refractivity contribution in [1.82, 2.24) is 20.4 Å². The third-order valence-corrected chi connectivity index (χ3v) is 8.18. The van der Waals surface area contributed by atoms with E-state index in [1.807, 2.05) is 48.5 Å². The number of rotatable bonds is 13. The van der Waals surface area contributed by atoms with Gasteiger partial charge >= 0.3 is 6.09 Å². The number of nitrogens with zero attached hydrogens (tertiary/aromatic N) is 2. The molecule has 1 aliphatic heterocycles. The van der Waals surface area contributed by atoms with E-state index in [2.05, 4.69) is 20.9 Å². The van der Waals surface area contributed by atoms with Gasteiger partial charge in [0.15, 0.2) is 0 Å². The molecule has 0 radical (unpaired) electrons. The smallest absolute Gasteiger partial charge is 0.407 e. The molecule has 1 unspecified atom stereocenters. The molecule has 238 valence electrons. The lowest BCUT2D eigenvalue weighted by molar-refractivity contribution is -0.131. The molecule has 0 aliphatic carbocycles. The molecule has 1 saturated heterocycles. The van der Waals surface area contributed by atoms with E-state index >= 15 is 0 Å². The maximum atomic E-state index is 13.4. The molecule has 1 fully saturated rings. The summed E-state index contributed by atoms with van der Waals surface area (Å²) < 4.78 is 5.08. The van der Waals surface area contributed by atoms with Crippen molar-refractivity contribution in [2.24, 2.45) is 0 Å². The van der Waals surface area contributed by atoms with Crippen LogP contribution in [0.2, 0.25) is 10.0 Å². The van der Waals surface area contributed by atoms with E-state index in [1.54, 1.807) is 36.2 Å². The second-order valence-corrected chi connectivity index (χ2v) is 11.6. The van der Waals surface area contributed by atoms with Gasteiger partial charge < -0.3 is 30.5 Å². The Labute approximate surface area is 273 Å². The molecule has 12 heteroatoms. The molecular weight excluding hydrogens is 617 g/mol. The van der Waals surface area contributed by atoms with Gasteiger partial charge in [-0.15, -0.1) is 0 Å². The predicted octanol–water partition coefficient (Wildman–Crippen LogP) is 4.81. The van der Waals surface area contributed by atoms with Gasteiger partial charge in [-0.05, 0) is 66.9 Å². The summed E-state index contributed by atoms with van der Waals surface area (Å²) in [6.45, 7) is 2.02. The van der Waals surface area contributed by atoms with Gasteiger partial charge in [0.05, 0.1) is 29.1 Å². The van der Waals surface area contributed by atoms with Crippen molar-refractivity contribution in [1.29, 1.82) is 0 Å². The molecule has 1 aliphatic rings. The monoisotopic (exact) mass is 653 g/mol. The number of nitrogens with one attached hydrogen (secondary N) is 3. The van der Waals surface area contributed by atoms with Crippen LogP contribution in [-0.4, -0.2) is 73.4 Å². The van der Waals surface area contributed by atoms with Crippen molar-refractivity contribution in [3.63, 3.8) is 0 Å². The number of benzene rings is 3. The lowest BCUT2D eigenvalue weighted by atomic mass is 10.0. The summed E-state index contributed by atoms with van der Waals surface area (Å²) in [4.78, 5) is 54.1. The fourth-order valence-corrected chi connectivity index (χ4v) is 5.30. The summed E-state index contributed by atoms with van der Waals surface area (Å²) in [6.07, 6.45) is 1.65. The lowest BCUT2D eigenvalue weighted by Crippen LogP contribution is -2.40. The van der Waals surface area contributed by atoms with Crippen LogP contribution in [0.3, 0.4) is 0 Å². The van der Waals surface area contributed by atoms with Crippen molar-refractivity contribution >= 4 is 52.7 Å². The number of hydrogen-bond acceptors (Lipinski definition) is 6. The largest absolute Gasteiger partial charge is 0.445 e. The van der Waals surface area contributed by atoms with Gasteiger partial charge in [-0.3, -0.25) is 14.4 Å². The molecule has 0 bridgehead atoms. The molecule has 3 aromatic carbocycles. The molecule has 4 amide bonds. The molecule has 45 heavy (non-hydrogen) atoms. The zero-order valence-corrected chi connectivity index (χ0v) is 26.6. The number of anilines is 1. The van der Waals surface area contributed by atoms with Crippen molar-refractivity contribution in [2.45, 2.75) is 31.9 Å². The molecule has 1 heterocycles. The van der Waals surface area contributed by atoms with Crippen LogP contribution in [0, 0.1) is 0 Å². The molecule has 1 atom stereocenters. The lowest BCUT2D eigenvalue weighted by Gasteiger charge is -2.32. The first-order valence-corrected chi connectivity index (χ1v) is 15.5. The first kappa shape index (κ1) is 33.8. The van der Waals surface area contributed by atoms with Gasteiger partial charge in [-0.2, -0.15) is 0 Å². The first-order valence-electron chi connectivity index (χ1n) is 14.7. The summed E-state index contributed by atoms with van der Waals surface area (Å²) in [5, 5.41) is 8.48. The second-order valence-electron chi connectivity index (χ2n) is 10.8. The topological polar surface area (TPSA) is 120 Å². The van der Waals surface area contributed by atoms with Gasteiger partial charge in [-0.1, -0.05) is 71.7 Å². The number of hydrogen-bond donors (Lipinski definition) is 3. The quantitative estimate of drug-likeness (QED) is 0.244. The molecular formula is C33H37Cl2N5O5. The molecule has 3 N–H and O–H groups in total. The molecule has 0 spiro atoms. The maximum absolute atomic E-state index is 13.4. The predicted molar refractivity (Wildman–Crippen MR) is 174 cm³/mol. The Morgan fingerprint density at radius 1 is 0.844 bits per heavy atom. The SMILES string of the molecule is CN(C(=O)Cc1ccc(Cl)c(Cl)c1)C(CN1CCCC1)c1cccc(NC(=O)CNC(=O)CNC(=O)OCc2ccccc2)c1. The van der Waals surface area contributed by atoms with Crippen LogP contribution in [0.5, 0.6) is 0 Å². The summed E-state index contributed by atoms with van der Waals surface area (Å²) in [7, 11) is 1.78. The average molecular weight is 655 g/mol. The van der Waals surface area contributed by atoms with Gasteiger partial charge in [0.25, 0.3) is 0 Å². The third-order valence-electron chi connectivity index (χ3n) is 7.44. The highest BCUT2D eigenvalue weighted by Crippen LogP contribution is 2.27. The maximum Gasteiger partial charge on any atom is 0.407 e. The van der Waals surface area contributed by atoms with E-state index in [4.69, 9.17) is 27.9 Å². The Morgan fingerprint density at radius 2 is 1.58 bits per heavy atom. The number of likely N-dealkylation sites (tertiary alicyclic amines) is 1. The Balaban J connectivity index is 1.30. The Morgan fingerprint density at radius 3 is 2.31 bits per heavy atom. The van der Waals surface area contributed by atoms with Crippen molar-refractivity contribution in [3.05, 3.63) is 99.5 Å². The summed E-state index contributed by atoms with van der Waals surface area (Å²) in [6, 6.07) is 21.4. The molecule has 10 nitrogen and oxygen atoms in total. The van der Waals surface area contributed by atoms with Gasteiger partial charge in [-0.25, -0.2) is 4.79 Å². The van der Waals surface area contributed by atoms with Crippen molar-refractivity contribution in [3.8, 4) is 0 Å². The number of ether oxygens (including phenoxy) is 1. The Hall–Kier alpha value is -4.12. The van der Waals surface area contributed by atoms with Crippen LogP contribution in [-0.2, 0) is 32.1 Å². The molecule has 0 saturated carbocycles. The number of carbonyl (C=O) groups is 4. The Kier molecular flexibility index (Phi) is 12.6. The average Bonchev–Trinajstić information content (AvgIpc) is 3.56. The van der Waals surface area contributed by atoms with E-state index in [1.165, 1.54) is 0 Å². The first-order chi connectivity index (χ1) is 21.7. The van der Waals surface area contributed by atoms with E-state index in [0.717, 1.165) is 42.6 Å². The van der Waals surface area contributed by atoms with E-state index in [9.17, 15) is 19.2 Å². The van der Waals surface area contributed by atoms with Crippen LogP contribution in [0.4, 0.5) is 10.5 Å². The van der Waals surface area contributed by atoms with E-state index in [-0.39, 0.29) is 38.1 Å². The van der Waals surface area contributed by atoms with E-state index in [0.29, 0.717) is 22.3 Å². The minimum Gasteiger partial charge on any atom is -0.445 e. The third kappa shape index (κ3) is 10.8. The minimum atomic E-state index is -0.737. The fourth-order valence-electron chi connectivity index (χ4n) is 4.98. The number of likely N-dealkylation sites (N-methyl/N-ethyl adjacent to an activating group) is 1. The van der Waals surface area contributed by atoms with Crippen LogP contribution >= 0.6 is 23.2 Å². The van der Waals surface area contributed by atoms with Crippen LogP contribution in [0.15, 0.2) is 72.8 Å². The normalized spacial score (nSPS) is 13.5. The van der Waals surface area contributed by atoms with Crippen molar-refractivity contribution < 1.29 is 23.9 Å². The number of amides is 4. The van der Waals surface area contributed by atoms with Gasteiger partial charge in [0.2, 0.25) is 17.7 Å². The van der Waals surface area contributed by atoms with Gasteiger partial charge in [0.1, 0.15) is 13.2 Å². The van der Waals surface area contributed by atoms with Crippen LogP contribution in [0.25, 0.3) is 0 Å². The fraction of sp³-hybridized carbons (Fsp3) is 0.333. The number of alkyl carbamates (subject to hydrolysis) is 1. The minimum absolute atomic E-state index is 0.0766. The molecule has 3 aromatic rings. The zero-order valence-electron chi connectivity index (χ0n) is 25.1.